The van der Waals surface area contributed by atoms with Crippen LogP contribution in [0.2, 0.25) is 0 Å². The highest BCUT2D eigenvalue weighted by Crippen LogP contribution is 2.36. The minimum Gasteiger partial charge on any atom is -0.488 e. The lowest BCUT2D eigenvalue weighted by atomic mass is 10.1. The summed E-state index contributed by atoms with van der Waals surface area (Å²) in [5.41, 5.74) is 1.57. The minimum atomic E-state index is -0.222. The summed E-state index contributed by atoms with van der Waals surface area (Å²) in [6.45, 7) is 6.42. The number of fused-ring (bicyclic) bond motifs is 1. The maximum absolute atomic E-state index is 13.7. The summed E-state index contributed by atoms with van der Waals surface area (Å²) in [7, 11) is 0. The molecule has 0 aromatic heterocycles. The molecule has 1 unspecified atom stereocenters. The van der Waals surface area contributed by atoms with Gasteiger partial charge in [0.05, 0.1) is 6.04 Å². The van der Waals surface area contributed by atoms with Crippen molar-refractivity contribution in [3.8, 4) is 5.75 Å². The molecule has 0 amide bonds. The van der Waals surface area contributed by atoms with Gasteiger partial charge >= 0.3 is 0 Å². The van der Waals surface area contributed by atoms with E-state index in [-0.39, 0.29) is 11.9 Å². The number of hydrogen-bond acceptors (Lipinski definition) is 2. The minimum absolute atomic E-state index is 0.120. The average Bonchev–Trinajstić information content (AvgIpc) is 2.55. The SMILES string of the molecule is Cc1ccc2c(c1F)OCC2NC(C)C. The van der Waals surface area contributed by atoms with Crippen molar-refractivity contribution in [2.45, 2.75) is 32.9 Å². The van der Waals surface area contributed by atoms with Gasteiger partial charge in [0.15, 0.2) is 11.6 Å². The second-order valence-corrected chi connectivity index (χ2v) is 4.30. The predicted molar refractivity (Wildman–Crippen MR) is 57.6 cm³/mol. The van der Waals surface area contributed by atoms with E-state index in [0.29, 0.717) is 24.0 Å². The van der Waals surface area contributed by atoms with Gasteiger partial charge in [0.2, 0.25) is 0 Å². The topological polar surface area (TPSA) is 21.3 Å². The first-order valence-electron chi connectivity index (χ1n) is 5.27. The molecule has 15 heavy (non-hydrogen) atoms. The molecule has 0 aliphatic carbocycles. The molecule has 1 aromatic carbocycles. The Hall–Kier alpha value is -1.09. The van der Waals surface area contributed by atoms with Gasteiger partial charge in [-0.25, -0.2) is 4.39 Å². The maximum Gasteiger partial charge on any atom is 0.168 e. The van der Waals surface area contributed by atoms with Crippen molar-refractivity contribution in [2.24, 2.45) is 0 Å². The van der Waals surface area contributed by atoms with Crippen molar-refractivity contribution in [1.82, 2.24) is 5.32 Å². The van der Waals surface area contributed by atoms with Gasteiger partial charge < -0.3 is 10.1 Å². The smallest absolute Gasteiger partial charge is 0.168 e. The molecule has 0 bridgehead atoms. The number of halogens is 1. The Morgan fingerprint density at radius 1 is 1.47 bits per heavy atom. The molecular formula is C12H16FNO. The number of benzene rings is 1. The van der Waals surface area contributed by atoms with Crippen molar-refractivity contribution in [2.75, 3.05) is 6.61 Å². The third kappa shape index (κ3) is 1.84. The van der Waals surface area contributed by atoms with Crippen molar-refractivity contribution < 1.29 is 9.13 Å². The Kier molecular flexibility index (Phi) is 2.65. The number of rotatable bonds is 2. The average molecular weight is 209 g/mol. The van der Waals surface area contributed by atoms with E-state index in [9.17, 15) is 4.39 Å². The van der Waals surface area contributed by atoms with Crippen LogP contribution >= 0.6 is 0 Å². The third-order valence-corrected chi connectivity index (χ3v) is 2.62. The van der Waals surface area contributed by atoms with E-state index in [1.807, 2.05) is 6.07 Å². The molecule has 1 aliphatic rings. The number of ether oxygens (including phenoxy) is 1. The molecule has 1 atom stereocenters. The molecular weight excluding hydrogens is 193 g/mol. The lowest BCUT2D eigenvalue weighted by Crippen LogP contribution is -2.28. The summed E-state index contributed by atoms with van der Waals surface area (Å²) in [4.78, 5) is 0. The Balaban J connectivity index is 2.32. The molecule has 0 radical (unpaired) electrons. The van der Waals surface area contributed by atoms with Crippen LogP contribution < -0.4 is 10.1 Å². The van der Waals surface area contributed by atoms with E-state index in [0.717, 1.165) is 5.56 Å². The van der Waals surface area contributed by atoms with Crippen LogP contribution in [0.4, 0.5) is 4.39 Å². The van der Waals surface area contributed by atoms with Crippen LogP contribution in [0.1, 0.15) is 31.0 Å². The summed E-state index contributed by atoms with van der Waals surface area (Å²) >= 11 is 0. The lowest BCUT2D eigenvalue weighted by Gasteiger charge is -2.14. The second kappa shape index (κ2) is 3.81. The van der Waals surface area contributed by atoms with Crippen molar-refractivity contribution in [3.63, 3.8) is 0 Å². The molecule has 3 heteroatoms. The van der Waals surface area contributed by atoms with Crippen LogP contribution in [0.15, 0.2) is 12.1 Å². The molecule has 0 saturated heterocycles. The lowest BCUT2D eigenvalue weighted by molar-refractivity contribution is 0.293. The Bertz CT molecular complexity index is 376. The van der Waals surface area contributed by atoms with Crippen LogP contribution in [0.3, 0.4) is 0 Å². The Morgan fingerprint density at radius 2 is 2.20 bits per heavy atom. The summed E-state index contributed by atoms with van der Waals surface area (Å²) < 4.78 is 19.0. The molecule has 1 aromatic rings. The van der Waals surface area contributed by atoms with Crippen LogP contribution in [0.5, 0.6) is 5.75 Å². The first kappa shape index (κ1) is 10.4. The fraction of sp³-hybridized carbons (Fsp3) is 0.500. The zero-order valence-corrected chi connectivity index (χ0v) is 9.30. The highest BCUT2D eigenvalue weighted by atomic mass is 19.1. The van der Waals surface area contributed by atoms with Crippen LogP contribution in [-0.4, -0.2) is 12.6 Å². The molecule has 1 aliphatic heterocycles. The standard InChI is InChI=1S/C12H16FNO/c1-7(2)14-10-6-15-12-9(10)5-4-8(3)11(12)13/h4-5,7,10,14H,6H2,1-3H3. The van der Waals surface area contributed by atoms with Gasteiger partial charge in [-0.3, -0.25) is 0 Å². The monoisotopic (exact) mass is 209 g/mol. The molecule has 0 spiro atoms. The van der Waals surface area contributed by atoms with E-state index >= 15 is 0 Å². The zero-order chi connectivity index (χ0) is 11.0. The highest BCUT2D eigenvalue weighted by molar-refractivity contribution is 5.43. The molecule has 1 heterocycles. The van der Waals surface area contributed by atoms with Gasteiger partial charge in [0.1, 0.15) is 6.61 Å². The normalized spacial score (nSPS) is 19.1. The highest BCUT2D eigenvalue weighted by Gasteiger charge is 2.27. The first-order valence-corrected chi connectivity index (χ1v) is 5.27. The number of nitrogens with one attached hydrogen (secondary N) is 1. The fourth-order valence-electron chi connectivity index (χ4n) is 1.89. The van der Waals surface area contributed by atoms with Crippen molar-refractivity contribution in [3.05, 3.63) is 29.1 Å². The van der Waals surface area contributed by atoms with Gasteiger partial charge in [-0.15, -0.1) is 0 Å². The molecule has 0 fully saturated rings. The van der Waals surface area contributed by atoms with Gasteiger partial charge in [-0.05, 0) is 12.5 Å². The fourth-order valence-corrected chi connectivity index (χ4v) is 1.89. The van der Waals surface area contributed by atoms with E-state index in [4.69, 9.17) is 4.74 Å². The second-order valence-electron chi connectivity index (χ2n) is 4.30. The molecule has 82 valence electrons. The van der Waals surface area contributed by atoms with Crippen LogP contribution in [0.25, 0.3) is 0 Å². The molecule has 2 rings (SSSR count). The summed E-state index contributed by atoms with van der Waals surface area (Å²) in [5.74, 6) is 0.203. The largest absolute Gasteiger partial charge is 0.488 e. The van der Waals surface area contributed by atoms with Gasteiger partial charge in [-0.2, -0.15) is 0 Å². The maximum atomic E-state index is 13.7. The van der Waals surface area contributed by atoms with E-state index in [2.05, 4.69) is 19.2 Å². The molecule has 0 saturated carbocycles. The van der Waals surface area contributed by atoms with Crippen molar-refractivity contribution in [1.29, 1.82) is 0 Å². The summed E-state index contributed by atoms with van der Waals surface area (Å²) in [6, 6.07) is 4.24. The van der Waals surface area contributed by atoms with E-state index in [1.165, 1.54) is 0 Å². The van der Waals surface area contributed by atoms with Crippen LogP contribution in [-0.2, 0) is 0 Å². The zero-order valence-electron chi connectivity index (χ0n) is 9.30. The molecule has 1 N–H and O–H groups in total. The van der Waals surface area contributed by atoms with Gasteiger partial charge in [0, 0.05) is 11.6 Å². The van der Waals surface area contributed by atoms with E-state index < -0.39 is 0 Å². The quantitative estimate of drug-likeness (QED) is 0.808. The van der Waals surface area contributed by atoms with Gasteiger partial charge in [-0.1, -0.05) is 26.0 Å². The summed E-state index contributed by atoms with van der Waals surface area (Å²) in [5, 5.41) is 3.35. The predicted octanol–water partition coefficient (Wildman–Crippen LogP) is 2.57. The first-order chi connectivity index (χ1) is 7.09. The van der Waals surface area contributed by atoms with Crippen LogP contribution in [0, 0.1) is 12.7 Å². The number of aryl methyl sites for hydroxylation is 1. The summed E-state index contributed by atoms with van der Waals surface area (Å²) in [6.07, 6.45) is 0. The van der Waals surface area contributed by atoms with Crippen molar-refractivity contribution >= 4 is 0 Å². The Morgan fingerprint density at radius 3 is 2.87 bits per heavy atom. The Labute approximate surface area is 89.4 Å². The van der Waals surface area contributed by atoms with Gasteiger partial charge in [0.25, 0.3) is 0 Å². The number of hydrogen-bond donors (Lipinski definition) is 1. The molecule has 2 nitrogen and oxygen atoms in total. The van der Waals surface area contributed by atoms with E-state index in [1.54, 1.807) is 13.0 Å². The third-order valence-electron chi connectivity index (χ3n) is 2.62.